The quantitative estimate of drug-likeness (QED) is 0.837. The van der Waals surface area contributed by atoms with Gasteiger partial charge in [0.15, 0.2) is 0 Å². The number of thiophene rings is 1. The van der Waals surface area contributed by atoms with Gasteiger partial charge in [-0.2, -0.15) is 0 Å². The number of carbonyl (C=O) groups excluding carboxylic acids is 1. The molecule has 2 heterocycles. The summed E-state index contributed by atoms with van der Waals surface area (Å²) in [6, 6.07) is 12.2. The highest BCUT2D eigenvalue weighted by Gasteiger charge is 2.13. The molecule has 1 aromatic carbocycles. The molecule has 1 saturated heterocycles. The lowest BCUT2D eigenvalue weighted by molar-refractivity contribution is -0.121. The Hall–Kier alpha value is -2.01. The Morgan fingerprint density at radius 3 is 2.58 bits per heavy atom. The average Bonchev–Trinajstić information content (AvgIpc) is 3.14. The summed E-state index contributed by atoms with van der Waals surface area (Å²) in [6.45, 7) is 4.78. The highest BCUT2D eigenvalue weighted by atomic mass is 32.1. The molecule has 4 nitrogen and oxygen atoms in total. The third-order valence-corrected chi connectivity index (χ3v) is 5.26. The second kappa shape index (κ2) is 8.20. The molecule has 1 unspecified atom stereocenters. The summed E-state index contributed by atoms with van der Waals surface area (Å²) < 4.78 is 0. The van der Waals surface area contributed by atoms with E-state index in [4.69, 9.17) is 0 Å². The van der Waals surface area contributed by atoms with Crippen LogP contribution in [0.15, 0.2) is 41.8 Å². The molecule has 5 heteroatoms. The number of rotatable bonds is 6. The Morgan fingerprint density at radius 2 is 1.92 bits per heavy atom. The largest absolute Gasteiger partial charge is 0.374 e. The SMILES string of the molecule is CC(Nc1ccc(N2CCCCC2)cc1)C(=O)NCc1cccs1. The number of benzene rings is 1. The number of nitrogens with zero attached hydrogens (tertiary/aromatic N) is 1. The molecular weight excluding hydrogens is 318 g/mol. The molecule has 1 aliphatic rings. The van der Waals surface area contributed by atoms with E-state index < -0.39 is 0 Å². The van der Waals surface area contributed by atoms with Crippen LogP contribution >= 0.6 is 11.3 Å². The number of hydrogen-bond donors (Lipinski definition) is 2. The van der Waals surface area contributed by atoms with Crippen molar-refractivity contribution >= 4 is 28.6 Å². The first-order chi connectivity index (χ1) is 11.7. The standard InChI is InChI=1S/C19H25N3OS/c1-15(19(23)20-14-18-6-5-13-24-18)21-16-7-9-17(10-8-16)22-11-3-2-4-12-22/h5-10,13,15,21H,2-4,11-12,14H2,1H3,(H,20,23). The van der Waals surface area contributed by atoms with Gasteiger partial charge in [0.2, 0.25) is 5.91 Å². The zero-order chi connectivity index (χ0) is 16.8. The smallest absolute Gasteiger partial charge is 0.242 e. The van der Waals surface area contributed by atoms with E-state index in [9.17, 15) is 4.79 Å². The van der Waals surface area contributed by atoms with E-state index in [1.807, 2.05) is 24.4 Å². The Bertz CT molecular complexity index is 633. The molecule has 24 heavy (non-hydrogen) atoms. The lowest BCUT2D eigenvalue weighted by Gasteiger charge is -2.29. The molecule has 128 valence electrons. The highest BCUT2D eigenvalue weighted by Crippen LogP contribution is 2.22. The van der Waals surface area contributed by atoms with E-state index in [2.05, 4.69) is 39.8 Å². The van der Waals surface area contributed by atoms with Gasteiger partial charge < -0.3 is 15.5 Å². The molecule has 1 aromatic heterocycles. The molecular formula is C19H25N3OS. The highest BCUT2D eigenvalue weighted by molar-refractivity contribution is 7.09. The Morgan fingerprint density at radius 1 is 1.17 bits per heavy atom. The van der Waals surface area contributed by atoms with E-state index in [-0.39, 0.29) is 11.9 Å². The molecule has 0 bridgehead atoms. The van der Waals surface area contributed by atoms with Crippen molar-refractivity contribution in [3.8, 4) is 0 Å². The van der Waals surface area contributed by atoms with Crippen molar-refractivity contribution in [3.05, 3.63) is 46.7 Å². The van der Waals surface area contributed by atoms with Gasteiger partial charge in [-0.05, 0) is 61.9 Å². The zero-order valence-electron chi connectivity index (χ0n) is 14.1. The fraction of sp³-hybridized carbons (Fsp3) is 0.421. The fourth-order valence-corrected chi connectivity index (χ4v) is 3.62. The van der Waals surface area contributed by atoms with Gasteiger partial charge in [-0.25, -0.2) is 0 Å². The molecule has 1 atom stereocenters. The maximum absolute atomic E-state index is 12.2. The average molecular weight is 343 g/mol. The lowest BCUT2D eigenvalue weighted by atomic mass is 10.1. The summed E-state index contributed by atoms with van der Waals surface area (Å²) in [5.41, 5.74) is 2.25. The van der Waals surface area contributed by atoms with Crippen molar-refractivity contribution in [1.82, 2.24) is 5.32 Å². The van der Waals surface area contributed by atoms with Crippen LogP contribution in [-0.4, -0.2) is 25.0 Å². The Balaban J connectivity index is 1.50. The van der Waals surface area contributed by atoms with Crippen LogP contribution in [0, 0.1) is 0 Å². The van der Waals surface area contributed by atoms with Crippen molar-refractivity contribution in [1.29, 1.82) is 0 Å². The number of carbonyl (C=O) groups is 1. The van der Waals surface area contributed by atoms with Crippen LogP contribution in [0.2, 0.25) is 0 Å². The number of nitrogens with one attached hydrogen (secondary N) is 2. The number of amides is 1. The van der Waals surface area contributed by atoms with Crippen molar-refractivity contribution in [2.45, 2.75) is 38.8 Å². The minimum absolute atomic E-state index is 0.0171. The van der Waals surface area contributed by atoms with Crippen molar-refractivity contribution in [3.63, 3.8) is 0 Å². The molecule has 2 N–H and O–H groups in total. The van der Waals surface area contributed by atoms with Crippen molar-refractivity contribution in [2.24, 2.45) is 0 Å². The van der Waals surface area contributed by atoms with Crippen LogP contribution in [0.4, 0.5) is 11.4 Å². The predicted octanol–water partition coefficient (Wildman–Crippen LogP) is 3.86. The van der Waals surface area contributed by atoms with Gasteiger partial charge in [-0.1, -0.05) is 6.07 Å². The van der Waals surface area contributed by atoms with E-state index in [1.54, 1.807) is 11.3 Å². The molecule has 1 aliphatic heterocycles. The van der Waals surface area contributed by atoms with Gasteiger partial charge >= 0.3 is 0 Å². The molecule has 0 radical (unpaired) electrons. The maximum atomic E-state index is 12.2. The van der Waals surface area contributed by atoms with Crippen LogP contribution < -0.4 is 15.5 Å². The molecule has 2 aromatic rings. The maximum Gasteiger partial charge on any atom is 0.242 e. The Labute approximate surface area is 147 Å². The summed E-state index contributed by atoms with van der Waals surface area (Å²) >= 11 is 1.66. The monoisotopic (exact) mass is 343 g/mol. The second-order valence-electron chi connectivity index (χ2n) is 6.26. The van der Waals surface area contributed by atoms with Gasteiger partial charge in [0.25, 0.3) is 0 Å². The van der Waals surface area contributed by atoms with E-state index in [0.29, 0.717) is 6.54 Å². The zero-order valence-corrected chi connectivity index (χ0v) is 14.9. The second-order valence-corrected chi connectivity index (χ2v) is 7.29. The van der Waals surface area contributed by atoms with Crippen molar-refractivity contribution < 1.29 is 4.79 Å². The van der Waals surface area contributed by atoms with Crippen LogP contribution in [0.1, 0.15) is 31.1 Å². The first-order valence-corrected chi connectivity index (χ1v) is 9.52. The molecule has 1 amide bonds. The fourth-order valence-electron chi connectivity index (χ4n) is 2.98. The van der Waals surface area contributed by atoms with Gasteiger partial charge in [0.1, 0.15) is 6.04 Å². The third kappa shape index (κ3) is 4.51. The number of anilines is 2. The van der Waals surface area contributed by atoms with Crippen LogP contribution in [0.3, 0.4) is 0 Å². The van der Waals surface area contributed by atoms with Crippen molar-refractivity contribution in [2.75, 3.05) is 23.3 Å². The normalized spacial score (nSPS) is 15.8. The topological polar surface area (TPSA) is 44.4 Å². The van der Waals surface area contributed by atoms with Gasteiger partial charge in [-0.15, -0.1) is 11.3 Å². The van der Waals surface area contributed by atoms with Gasteiger partial charge in [0, 0.05) is 29.3 Å². The summed E-state index contributed by atoms with van der Waals surface area (Å²) in [5.74, 6) is 0.0171. The summed E-state index contributed by atoms with van der Waals surface area (Å²) in [7, 11) is 0. The molecule has 1 fully saturated rings. The van der Waals surface area contributed by atoms with E-state index in [0.717, 1.165) is 18.8 Å². The van der Waals surface area contributed by atoms with Gasteiger partial charge in [0.05, 0.1) is 6.54 Å². The first-order valence-electron chi connectivity index (χ1n) is 8.64. The Kier molecular flexibility index (Phi) is 5.75. The minimum atomic E-state index is -0.259. The number of piperidine rings is 1. The molecule has 0 aliphatic carbocycles. The summed E-state index contributed by atoms with van der Waals surface area (Å²) in [4.78, 5) is 15.8. The minimum Gasteiger partial charge on any atom is -0.374 e. The third-order valence-electron chi connectivity index (χ3n) is 4.38. The summed E-state index contributed by atoms with van der Waals surface area (Å²) in [6.07, 6.45) is 3.90. The van der Waals surface area contributed by atoms with E-state index >= 15 is 0 Å². The van der Waals surface area contributed by atoms with E-state index in [1.165, 1.54) is 29.8 Å². The predicted molar refractivity (Wildman–Crippen MR) is 102 cm³/mol. The van der Waals surface area contributed by atoms with Crippen LogP contribution in [0.5, 0.6) is 0 Å². The lowest BCUT2D eigenvalue weighted by Crippen LogP contribution is -2.37. The van der Waals surface area contributed by atoms with Crippen LogP contribution in [0.25, 0.3) is 0 Å². The van der Waals surface area contributed by atoms with Gasteiger partial charge in [-0.3, -0.25) is 4.79 Å². The number of hydrogen-bond acceptors (Lipinski definition) is 4. The first kappa shape index (κ1) is 16.8. The molecule has 0 saturated carbocycles. The van der Waals surface area contributed by atoms with Crippen LogP contribution in [-0.2, 0) is 11.3 Å². The summed E-state index contributed by atoms with van der Waals surface area (Å²) in [5, 5.41) is 8.26. The molecule has 3 rings (SSSR count). The molecule has 0 spiro atoms.